The Morgan fingerprint density at radius 3 is 2.55 bits per heavy atom. The fourth-order valence-electron chi connectivity index (χ4n) is 2.51. The van der Waals surface area contributed by atoms with Crippen molar-refractivity contribution in [1.82, 2.24) is 14.8 Å². The minimum Gasteiger partial charge on any atom is -0.326 e. The number of carbonyl (C=O) groups is 3. The van der Waals surface area contributed by atoms with Crippen LogP contribution < -0.4 is 5.56 Å². The molecule has 2 heterocycles. The van der Waals surface area contributed by atoms with Gasteiger partial charge in [0.05, 0.1) is 6.42 Å². The number of rotatable bonds is 4. The molecule has 1 aliphatic heterocycles. The normalized spacial score (nSPS) is 18.0. The van der Waals surface area contributed by atoms with Crippen LogP contribution in [0.4, 0.5) is 0 Å². The fourth-order valence-corrected chi connectivity index (χ4v) is 2.51. The summed E-state index contributed by atoms with van der Waals surface area (Å²) in [6.45, 7) is 3.89. The predicted molar refractivity (Wildman–Crippen MR) is 79.3 cm³/mol. The van der Waals surface area contributed by atoms with E-state index in [1.165, 1.54) is 18.0 Å². The van der Waals surface area contributed by atoms with Crippen LogP contribution in [0.15, 0.2) is 16.9 Å². The van der Waals surface area contributed by atoms with Crippen molar-refractivity contribution < 1.29 is 14.4 Å². The highest BCUT2D eigenvalue weighted by Crippen LogP contribution is 2.19. The Balaban J connectivity index is 2.36. The Bertz CT molecular complexity index is 680. The third kappa shape index (κ3) is 2.79. The van der Waals surface area contributed by atoms with E-state index in [-0.39, 0.29) is 17.9 Å². The summed E-state index contributed by atoms with van der Waals surface area (Å²) in [5, 5.41) is 0. The molecule has 1 N–H and O–H groups in total. The maximum atomic E-state index is 12.6. The maximum absolute atomic E-state index is 12.6. The number of amides is 3. The van der Waals surface area contributed by atoms with Crippen molar-refractivity contribution in [3.63, 3.8) is 0 Å². The second kappa shape index (κ2) is 6.13. The van der Waals surface area contributed by atoms with Gasteiger partial charge < -0.3 is 9.88 Å². The van der Waals surface area contributed by atoms with E-state index >= 15 is 0 Å². The van der Waals surface area contributed by atoms with Gasteiger partial charge in [-0.15, -0.1) is 0 Å². The second-order valence-corrected chi connectivity index (χ2v) is 5.39. The number of nitrogens with zero attached hydrogens (tertiary/aromatic N) is 2. The van der Waals surface area contributed by atoms with Gasteiger partial charge in [-0.2, -0.15) is 0 Å². The first-order valence-electron chi connectivity index (χ1n) is 7.18. The maximum Gasteiger partial charge on any atom is 0.260 e. The molecule has 0 spiro atoms. The molecule has 0 radical (unpaired) electrons. The molecule has 3 amide bonds. The Kier molecular flexibility index (Phi) is 4.44. The molecule has 1 saturated heterocycles. The van der Waals surface area contributed by atoms with Crippen molar-refractivity contribution in [2.45, 2.75) is 32.7 Å². The summed E-state index contributed by atoms with van der Waals surface area (Å²) in [6, 6.07) is 2.25. The number of pyridine rings is 1. The van der Waals surface area contributed by atoms with Gasteiger partial charge in [-0.3, -0.25) is 24.1 Å². The number of carbonyl (C=O) groups excluding carboxylic acids is 3. The van der Waals surface area contributed by atoms with Crippen LogP contribution in [0.1, 0.15) is 35.8 Å². The molecule has 0 saturated carbocycles. The molecule has 0 aromatic carbocycles. The third-order valence-corrected chi connectivity index (χ3v) is 3.75. The standard InChI is InChI=1S/C15H19N3O4/c1-4-7-18(11-8-12(19)17(3)15(11)22)14(21)10-6-5-9(2)16-13(10)20/h5-6,11H,4,7-8H2,1-3H3,(H,16,20)/t11-/m1/s1. The lowest BCUT2D eigenvalue weighted by atomic mass is 10.1. The summed E-state index contributed by atoms with van der Waals surface area (Å²) in [5.74, 6) is -1.25. The molecule has 1 aromatic heterocycles. The van der Waals surface area contributed by atoms with Crippen LogP contribution in [0.25, 0.3) is 0 Å². The largest absolute Gasteiger partial charge is 0.326 e. The van der Waals surface area contributed by atoms with E-state index in [4.69, 9.17) is 0 Å². The highest BCUT2D eigenvalue weighted by molar-refractivity contribution is 6.07. The lowest BCUT2D eigenvalue weighted by Crippen LogP contribution is -2.46. The zero-order valence-electron chi connectivity index (χ0n) is 12.9. The molecule has 0 aliphatic carbocycles. The summed E-state index contributed by atoms with van der Waals surface area (Å²) in [4.78, 5) is 53.3. The first kappa shape index (κ1) is 15.9. The van der Waals surface area contributed by atoms with Gasteiger partial charge in [-0.1, -0.05) is 6.92 Å². The van der Waals surface area contributed by atoms with Gasteiger partial charge in [-0.25, -0.2) is 0 Å². The minimum absolute atomic E-state index is 0.0196. The number of aromatic nitrogens is 1. The number of aromatic amines is 1. The monoisotopic (exact) mass is 305 g/mol. The van der Waals surface area contributed by atoms with E-state index in [2.05, 4.69) is 4.98 Å². The zero-order valence-corrected chi connectivity index (χ0v) is 12.9. The van der Waals surface area contributed by atoms with Crippen LogP contribution in [0, 0.1) is 6.92 Å². The fraction of sp³-hybridized carbons (Fsp3) is 0.467. The third-order valence-electron chi connectivity index (χ3n) is 3.75. The van der Waals surface area contributed by atoms with Crippen molar-refractivity contribution in [2.75, 3.05) is 13.6 Å². The SMILES string of the molecule is CCCN(C(=O)c1ccc(C)[nH]c1=O)[C@@H]1CC(=O)N(C)C1=O. The number of H-pyrrole nitrogens is 1. The molecule has 1 fully saturated rings. The number of aryl methyl sites for hydroxylation is 1. The van der Waals surface area contributed by atoms with Crippen LogP contribution >= 0.6 is 0 Å². The van der Waals surface area contributed by atoms with E-state index in [9.17, 15) is 19.2 Å². The van der Waals surface area contributed by atoms with Crippen LogP contribution in [-0.2, 0) is 9.59 Å². The molecule has 1 aliphatic rings. The molecule has 118 valence electrons. The number of imide groups is 1. The van der Waals surface area contributed by atoms with Crippen LogP contribution in [0.3, 0.4) is 0 Å². The smallest absolute Gasteiger partial charge is 0.260 e. The van der Waals surface area contributed by atoms with Crippen LogP contribution in [0.2, 0.25) is 0 Å². The first-order chi connectivity index (χ1) is 10.4. The van der Waals surface area contributed by atoms with Gasteiger partial charge in [0.15, 0.2) is 0 Å². The molecule has 0 bridgehead atoms. The Labute approximate surface area is 127 Å². The number of nitrogens with one attached hydrogen (secondary N) is 1. The Morgan fingerprint density at radius 2 is 2.05 bits per heavy atom. The highest BCUT2D eigenvalue weighted by atomic mass is 16.2. The van der Waals surface area contributed by atoms with Crippen molar-refractivity contribution in [1.29, 1.82) is 0 Å². The van der Waals surface area contributed by atoms with Gasteiger partial charge in [0, 0.05) is 19.3 Å². The van der Waals surface area contributed by atoms with Gasteiger partial charge in [0.2, 0.25) is 5.91 Å². The topological polar surface area (TPSA) is 90.6 Å². The molecule has 7 nitrogen and oxygen atoms in total. The molecular weight excluding hydrogens is 286 g/mol. The van der Waals surface area contributed by atoms with Gasteiger partial charge in [0.25, 0.3) is 17.4 Å². The second-order valence-electron chi connectivity index (χ2n) is 5.39. The van der Waals surface area contributed by atoms with E-state index < -0.39 is 23.4 Å². The highest BCUT2D eigenvalue weighted by Gasteiger charge is 2.41. The summed E-state index contributed by atoms with van der Waals surface area (Å²) >= 11 is 0. The zero-order chi connectivity index (χ0) is 16.4. The van der Waals surface area contributed by atoms with Crippen molar-refractivity contribution in [3.05, 3.63) is 33.7 Å². The first-order valence-corrected chi connectivity index (χ1v) is 7.18. The minimum atomic E-state index is -0.828. The predicted octanol–water partition coefficient (Wildman–Crippen LogP) is 0.293. The van der Waals surface area contributed by atoms with Gasteiger partial charge in [-0.05, 0) is 25.5 Å². The lowest BCUT2D eigenvalue weighted by molar-refractivity contribution is -0.137. The molecule has 0 unspecified atom stereocenters. The summed E-state index contributed by atoms with van der Waals surface area (Å²) < 4.78 is 0. The molecule has 1 aromatic rings. The number of hydrogen-bond donors (Lipinski definition) is 1. The van der Waals surface area contributed by atoms with Crippen molar-refractivity contribution in [2.24, 2.45) is 0 Å². The Hall–Kier alpha value is -2.44. The number of likely N-dealkylation sites (N-methyl/N-ethyl adjacent to an activating group) is 1. The van der Waals surface area contributed by atoms with E-state index in [0.717, 1.165) is 4.90 Å². The summed E-state index contributed by atoms with van der Waals surface area (Å²) in [6.07, 6.45) is 0.585. The Morgan fingerprint density at radius 1 is 1.36 bits per heavy atom. The average Bonchev–Trinajstić information content (AvgIpc) is 2.72. The number of hydrogen-bond acceptors (Lipinski definition) is 4. The molecular formula is C15H19N3O4. The van der Waals surface area contributed by atoms with Crippen molar-refractivity contribution >= 4 is 17.7 Å². The van der Waals surface area contributed by atoms with Crippen LogP contribution in [0.5, 0.6) is 0 Å². The molecule has 22 heavy (non-hydrogen) atoms. The quantitative estimate of drug-likeness (QED) is 0.810. The molecule has 2 rings (SSSR count). The summed E-state index contributed by atoms with van der Waals surface area (Å²) in [7, 11) is 1.40. The summed E-state index contributed by atoms with van der Waals surface area (Å²) in [5.41, 5.74) is 0.139. The van der Waals surface area contributed by atoms with E-state index in [1.54, 1.807) is 13.0 Å². The lowest BCUT2D eigenvalue weighted by Gasteiger charge is -2.26. The van der Waals surface area contributed by atoms with Gasteiger partial charge in [0.1, 0.15) is 11.6 Å². The van der Waals surface area contributed by atoms with Crippen LogP contribution in [-0.4, -0.2) is 52.1 Å². The van der Waals surface area contributed by atoms with E-state index in [0.29, 0.717) is 18.7 Å². The molecule has 7 heteroatoms. The van der Waals surface area contributed by atoms with E-state index in [1.807, 2.05) is 6.92 Å². The molecule has 1 atom stereocenters. The van der Waals surface area contributed by atoms with Crippen molar-refractivity contribution in [3.8, 4) is 0 Å². The van der Waals surface area contributed by atoms with Gasteiger partial charge >= 0.3 is 0 Å². The average molecular weight is 305 g/mol. The number of likely N-dealkylation sites (tertiary alicyclic amines) is 1.